The predicted molar refractivity (Wildman–Crippen MR) is 274 cm³/mol. The summed E-state index contributed by atoms with van der Waals surface area (Å²) in [6.45, 7) is 30.4. The third kappa shape index (κ3) is 28.0. The van der Waals surface area contributed by atoms with Crippen LogP contribution in [-0.4, -0.2) is 138 Å². The lowest BCUT2D eigenvalue weighted by atomic mass is 9.80. The Bertz CT molecular complexity index is 1370. The number of carbonyl (C=O) groups is 2. The highest BCUT2D eigenvalue weighted by Gasteiger charge is 2.48. The number of nitrogens with zero attached hydrogens (tertiary/aromatic N) is 5. The Kier molecular flexibility index (Phi) is 33.2. The molecule has 0 unspecified atom stereocenters. The monoisotopic (exact) mass is 986 g/mol. The highest BCUT2D eigenvalue weighted by molar-refractivity contribution is 5.67. The average molecular weight is 986 g/mol. The number of carbonyl (C=O) groups excluding carboxylic acids is 4. The van der Waals surface area contributed by atoms with Crippen molar-refractivity contribution in [3.8, 4) is 0 Å². The van der Waals surface area contributed by atoms with Crippen LogP contribution in [0.3, 0.4) is 0 Å². The maximum absolute atomic E-state index is 11.9. The first kappa shape index (κ1) is 68.1. The van der Waals surface area contributed by atoms with Gasteiger partial charge in [0.1, 0.15) is 12.2 Å². The van der Waals surface area contributed by atoms with E-state index in [4.69, 9.17) is 9.47 Å². The molecule has 0 aromatic heterocycles. The molecule has 3 rings (SSSR count). The van der Waals surface area contributed by atoms with Crippen LogP contribution in [0.2, 0.25) is 0 Å². The van der Waals surface area contributed by atoms with Crippen molar-refractivity contribution in [2.45, 2.75) is 284 Å². The van der Waals surface area contributed by atoms with E-state index < -0.39 is 22.2 Å². The number of unbranched alkanes of at least 4 members (excludes halogenated alkanes) is 11. The van der Waals surface area contributed by atoms with Crippen LogP contribution >= 0.6 is 0 Å². The predicted octanol–water partition coefficient (Wildman–Crippen LogP) is 11.4. The van der Waals surface area contributed by atoms with Gasteiger partial charge in [0.05, 0.1) is 19.2 Å². The minimum absolute atomic E-state index is 0. The van der Waals surface area contributed by atoms with Crippen LogP contribution in [-0.2, 0) is 19.1 Å². The number of isocyanates is 2. The van der Waals surface area contributed by atoms with Gasteiger partial charge in [0.2, 0.25) is 12.2 Å². The Morgan fingerprint density at radius 2 is 0.754 bits per heavy atom. The van der Waals surface area contributed by atoms with E-state index in [0.29, 0.717) is 64.7 Å². The maximum Gasteiger partial charge on any atom is 0.407 e. The average Bonchev–Trinajstić information content (AvgIpc) is 3.21. The standard InChI is InChI=1S/2C17H34N2O3.C9H19NO2.C8H12N2O2.CH4/c2*1-6-7-8-9-10-11-18-15(20)22-14-12-16(2,3)19(21)17(4,5)13-14;1-8(2)5-7(11)6-9(3,4)10(8)12;11-7-9-5-3-1-2-4-6-10-8-12;/h2*14,21H,6-13H2,1-5H3,(H,18,20);7,11-12H,5-6H2,1-4H3;1-6H2;1H4. The molecular weight excluding hydrogens is 883 g/mol. The summed E-state index contributed by atoms with van der Waals surface area (Å²) in [6.07, 6.45) is 21.1. The first-order valence-electron chi connectivity index (χ1n) is 25.7. The number of aliphatic imine (C=N–C) groups is 2. The highest BCUT2D eigenvalue weighted by atomic mass is 16.6. The van der Waals surface area contributed by atoms with Gasteiger partial charge in [-0.15, -0.1) is 0 Å². The van der Waals surface area contributed by atoms with Gasteiger partial charge in [0.25, 0.3) is 0 Å². The van der Waals surface area contributed by atoms with Gasteiger partial charge < -0.3 is 40.8 Å². The molecule has 0 aromatic carbocycles. The van der Waals surface area contributed by atoms with Gasteiger partial charge in [0.15, 0.2) is 0 Å². The number of ether oxygens (including phenoxy) is 2. The molecule has 3 fully saturated rings. The number of piperidine rings is 3. The van der Waals surface area contributed by atoms with Crippen LogP contribution in [0.5, 0.6) is 0 Å². The number of aliphatic hydroxyl groups excluding tert-OH is 1. The summed E-state index contributed by atoms with van der Waals surface area (Å²) in [5.74, 6) is 0. The number of aliphatic hydroxyl groups is 1. The van der Waals surface area contributed by atoms with Crippen molar-refractivity contribution in [2.75, 3.05) is 26.2 Å². The summed E-state index contributed by atoms with van der Waals surface area (Å²) >= 11 is 0. The zero-order chi connectivity index (χ0) is 52.2. The highest BCUT2D eigenvalue weighted by Crippen LogP contribution is 2.39. The molecule has 3 saturated heterocycles. The molecule has 0 aliphatic carbocycles. The molecule has 2 amide bonds. The second-order valence-corrected chi connectivity index (χ2v) is 22.8. The summed E-state index contributed by atoms with van der Waals surface area (Å²) in [7, 11) is 0. The molecule has 0 spiro atoms. The van der Waals surface area contributed by atoms with E-state index in [2.05, 4.69) is 34.5 Å². The number of rotatable bonds is 21. The van der Waals surface area contributed by atoms with Crippen molar-refractivity contribution in [3.63, 3.8) is 0 Å². The molecule has 6 N–H and O–H groups in total. The number of hydrogen-bond donors (Lipinski definition) is 6. The van der Waals surface area contributed by atoms with Crippen LogP contribution in [0, 0.1) is 0 Å². The van der Waals surface area contributed by atoms with E-state index in [-0.39, 0.29) is 49.0 Å². The van der Waals surface area contributed by atoms with Crippen molar-refractivity contribution in [3.05, 3.63) is 0 Å². The van der Waals surface area contributed by atoms with E-state index in [1.807, 2.05) is 83.1 Å². The molecule has 0 saturated carbocycles. The number of hydrogen-bond acceptors (Lipinski definition) is 15. The summed E-state index contributed by atoms with van der Waals surface area (Å²) in [6, 6.07) is 0. The van der Waals surface area contributed by atoms with E-state index in [0.717, 1.165) is 51.4 Å². The van der Waals surface area contributed by atoms with Crippen molar-refractivity contribution in [1.29, 1.82) is 0 Å². The SMILES string of the molecule is C.CC1(C)CC(O)CC(C)(C)N1O.CCCCCCCNC(=O)OC1CC(C)(C)N(O)C(C)(C)C1.CCCCCCCNC(=O)OC1CC(C)(C)N(O)C(C)(C)C1.O=C=NCCCCCCN=C=O. The van der Waals surface area contributed by atoms with Gasteiger partial charge >= 0.3 is 12.2 Å². The molecular formula is C52H103N7O10. The van der Waals surface area contributed by atoms with Crippen molar-refractivity contribution < 1.29 is 49.4 Å². The first-order chi connectivity index (χ1) is 31.5. The normalized spacial score (nSPS) is 20.5. The number of alkyl carbamates (subject to hydrolysis) is 2. The maximum atomic E-state index is 11.9. The van der Waals surface area contributed by atoms with Crippen LogP contribution in [0.1, 0.15) is 233 Å². The Labute approximate surface area is 418 Å². The third-order valence-electron chi connectivity index (χ3n) is 12.9. The molecule has 3 aliphatic heterocycles. The molecule has 0 aromatic rings. The number of hydroxylamine groups is 6. The number of nitrogens with one attached hydrogen (secondary N) is 2. The second-order valence-electron chi connectivity index (χ2n) is 22.8. The molecule has 3 aliphatic rings. The zero-order valence-corrected chi connectivity index (χ0v) is 45.2. The van der Waals surface area contributed by atoms with E-state index >= 15 is 0 Å². The molecule has 0 atom stereocenters. The Hall–Kier alpha value is -2.98. The van der Waals surface area contributed by atoms with Crippen LogP contribution < -0.4 is 10.6 Å². The van der Waals surface area contributed by atoms with Crippen LogP contribution in [0.4, 0.5) is 9.59 Å². The van der Waals surface area contributed by atoms with Gasteiger partial charge in [-0.1, -0.05) is 85.5 Å². The van der Waals surface area contributed by atoms with Gasteiger partial charge in [0, 0.05) is 72.0 Å². The molecule has 17 heteroatoms. The summed E-state index contributed by atoms with van der Waals surface area (Å²) in [5, 5.41) is 49.7. The summed E-state index contributed by atoms with van der Waals surface area (Å²) < 4.78 is 11.1. The van der Waals surface area contributed by atoms with E-state index in [9.17, 15) is 39.9 Å². The quantitative estimate of drug-likeness (QED) is 0.0358. The van der Waals surface area contributed by atoms with Crippen LogP contribution in [0.15, 0.2) is 9.98 Å². The Morgan fingerprint density at radius 3 is 1.03 bits per heavy atom. The lowest BCUT2D eigenvalue weighted by Crippen LogP contribution is -2.61. The molecule has 69 heavy (non-hydrogen) atoms. The topological polar surface area (TPSA) is 226 Å². The molecule has 17 nitrogen and oxygen atoms in total. The molecule has 406 valence electrons. The smallest absolute Gasteiger partial charge is 0.407 e. The second kappa shape index (κ2) is 33.6. The van der Waals surface area contributed by atoms with Gasteiger partial charge in [-0.2, -0.15) is 15.2 Å². The molecule has 0 bridgehead atoms. The Balaban J connectivity index is 0. The summed E-state index contributed by atoms with van der Waals surface area (Å²) in [4.78, 5) is 49.9. The van der Waals surface area contributed by atoms with Crippen molar-refractivity contribution in [1.82, 2.24) is 25.8 Å². The lowest BCUT2D eigenvalue weighted by Gasteiger charge is -2.50. The minimum Gasteiger partial charge on any atom is -0.446 e. The number of amides is 2. The van der Waals surface area contributed by atoms with Crippen molar-refractivity contribution >= 4 is 24.3 Å². The Morgan fingerprint density at radius 1 is 0.493 bits per heavy atom. The first-order valence-corrected chi connectivity index (χ1v) is 25.7. The molecule has 3 heterocycles. The third-order valence-corrected chi connectivity index (χ3v) is 12.9. The van der Waals surface area contributed by atoms with Gasteiger partial charge in [-0.05, 0) is 122 Å². The van der Waals surface area contributed by atoms with E-state index in [1.54, 1.807) is 0 Å². The van der Waals surface area contributed by atoms with Crippen molar-refractivity contribution in [2.24, 2.45) is 9.98 Å². The fourth-order valence-electron chi connectivity index (χ4n) is 9.79. The van der Waals surface area contributed by atoms with Gasteiger partial charge in [-0.25, -0.2) is 29.2 Å². The summed E-state index contributed by atoms with van der Waals surface area (Å²) in [5.41, 5.74) is -2.22. The lowest BCUT2D eigenvalue weighted by molar-refractivity contribution is -0.257. The zero-order valence-electron chi connectivity index (χ0n) is 45.2. The molecule has 0 radical (unpaired) electrons. The largest absolute Gasteiger partial charge is 0.446 e. The van der Waals surface area contributed by atoms with E-state index in [1.165, 1.54) is 65.9 Å². The van der Waals surface area contributed by atoms with Gasteiger partial charge in [-0.3, -0.25) is 0 Å². The fourth-order valence-corrected chi connectivity index (χ4v) is 9.79. The fraction of sp³-hybridized carbons (Fsp3) is 0.923. The minimum atomic E-state index is -0.396. The van der Waals surface area contributed by atoms with Crippen LogP contribution in [0.25, 0.3) is 0 Å².